The average molecular weight is 370 g/mol. The number of benzene rings is 2. The maximum Gasteiger partial charge on any atom is 0.253 e. The molecule has 0 spiro atoms. The lowest BCUT2D eigenvalue weighted by Crippen LogP contribution is -2.37. The molecule has 0 fully saturated rings. The Morgan fingerprint density at radius 1 is 1.00 bits per heavy atom. The molecule has 0 heterocycles. The molecule has 0 saturated carbocycles. The van der Waals surface area contributed by atoms with Crippen molar-refractivity contribution in [2.45, 2.75) is 26.8 Å². The van der Waals surface area contributed by atoms with Crippen LogP contribution in [0.3, 0.4) is 0 Å². The number of amides is 1. The molecule has 146 valence electrons. The highest BCUT2D eigenvalue weighted by atomic mass is 16.3. The van der Waals surface area contributed by atoms with Crippen molar-refractivity contribution in [3.8, 4) is 5.75 Å². The molecule has 27 heavy (non-hydrogen) atoms. The van der Waals surface area contributed by atoms with Crippen LogP contribution in [0.2, 0.25) is 0 Å². The van der Waals surface area contributed by atoms with Gasteiger partial charge < -0.3 is 19.8 Å². The van der Waals surface area contributed by atoms with Crippen molar-refractivity contribution >= 4 is 17.3 Å². The SMILES string of the molecule is CCN(CC)C(=O)c1cccc(N(c2cccc(O)c2)C(C)CN(C)C)c1. The monoisotopic (exact) mass is 369 g/mol. The van der Waals surface area contributed by atoms with Gasteiger partial charge in [0.05, 0.1) is 0 Å². The Hall–Kier alpha value is -2.53. The molecule has 0 aliphatic heterocycles. The van der Waals surface area contributed by atoms with E-state index >= 15 is 0 Å². The lowest BCUT2D eigenvalue weighted by atomic mass is 10.1. The van der Waals surface area contributed by atoms with E-state index in [1.54, 1.807) is 12.1 Å². The minimum absolute atomic E-state index is 0.0398. The van der Waals surface area contributed by atoms with E-state index < -0.39 is 0 Å². The van der Waals surface area contributed by atoms with Gasteiger partial charge in [-0.1, -0.05) is 12.1 Å². The highest BCUT2D eigenvalue weighted by molar-refractivity contribution is 5.95. The fourth-order valence-corrected chi connectivity index (χ4v) is 3.39. The summed E-state index contributed by atoms with van der Waals surface area (Å²) in [6, 6.07) is 15.1. The Balaban J connectivity index is 2.46. The minimum Gasteiger partial charge on any atom is -0.508 e. The zero-order chi connectivity index (χ0) is 20.0. The Morgan fingerprint density at radius 3 is 2.15 bits per heavy atom. The highest BCUT2D eigenvalue weighted by Gasteiger charge is 2.20. The fraction of sp³-hybridized carbons (Fsp3) is 0.409. The highest BCUT2D eigenvalue weighted by Crippen LogP contribution is 2.31. The average Bonchev–Trinajstić information content (AvgIpc) is 2.62. The summed E-state index contributed by atoms with van der Waals surface area (Å²) in [6.45, 7) is 8.33. The quantitative estimate of drug-likeness (QED) is 0.765. The van der Waals surface area contributed by atoms with E-state index in [4.69, 9.17) is 0 Å². The van der Waals surface area contributed by atoms with Gasteiger partial charge in [0.2, 0.25) is 0 Å². The number of carbonyl (C=O) groups excluding carboxylic acids is 1. The lowest BCUT2D eigenvalue weighted by Gasteiger charge is -2.33. The number of hydrogen-bond acceptors (Lipinski definition) is 4. The van der Waals surface area contributed by atoms with Crippen LogP contribution in [-0.4, -0.2) is 60.6 Å². The smallest absolute Gasteiger partial charge is 0.253 e. The minimum atomic E-state index is 0.0398. The first-order valence-electron chi connectivity index (χ1n) is 9.49. The summed E-state index contributed by atoms with van der Waals surface area (Å²) >= 11 is 0. The molecular formula is C22H31N3O2. The zero-order valence-electron chi connectivity index (χ0n) is 17.0. The maximum atomic E-state index is 12.8. The summed E-state index contributed by atoms with van der Waals surface area (Å²) in [6.07, 6.45) is 0. The third kappa shape index (κ3) is 5.23. The Bertz CT molecular complexity index is 757. The van der Waals surface area contributed by atoms with E-state index in [1.807, 2.05) is 69.2 Å². The number of phenolic OH excluding ortho intramolecular Hbond substituents is 1. The summed E-state index contributed by atoms with van der Waals surface area (Å²) in [7, 11) is 4.08. The van der Waals surface area contributed by atoms with E-state index in [0.717, 1.165) is 17.9 Å². The predicted octanol–water partition coefficient (Wildman–Crippen LogP) is 3.96. The molecule has 0 aromatic heterocycles. The van der Waals surface area contributed by atoms with Crippen molar-refractivity contribution < 1.29 is 9.90 Å². The molecule has 5 nitrogen and oxygen atoms in total. The Morgan fingerprint density at radius 2 is 1.59 bits per heavy atom. The molecule has 1 amide bonds. The van der Waals surface area contributed by atoms with Gasteiger partial charge >= 0.3 is 0 Å². The van der Waals surface area contributed by atoms with Crippen molar-refractivity contribution in [1.29, 1.82) is 0 Å². The molecule has 0 radical (unpaired) electrons. The molecule has 2 aromatic rings. The molecule has 2 rings (SSSR count). The van der Waals surface area contributed by atoms with Crippen LogP contribution in [0.25, 0.3) is 0 Å². The van der Waals surface area contributed by atoms with Gasteiger partial charge in [0, 0.05) is 48.7 Å². The van der Waals surface area contributed by atoms with Gasteiger partial charge in [-0.05, 0) is 65.2 Å². The van der Waals surface area contributed by atoms with Crippen LogP contribution in [0.1, 0.15) is 31.1 Å². The van der Waals surface area contributed by atoms with Crippen LogP contribution in [0, 0.1) is 0 Å². The maximum absolute atomic E-state index is 12.8. The zero-order valence-corrected chi connectivity index (χ0v) is 17.0. The first-order chi connectivity index (χ1) is 12.9. The van der Waals surface area contributed by atoms with Crippen molar-refractivity contribution in [3.63, 3.8) is 0 Å². The number of carbonyl (C=O) groups is 1. The molecule has 0 saturated heterocycles. The van der Waals surface area contributed by atoms with Crippen LogP contribution < -0.4 is 4.90 Å². The van der Waals surface area contributed by atoms with Crippen LogP contribution in [-0.2, 0) is 0 Å². The summed E-state index contributed by atoms with van der Waals surface area (Å²) in [5.74, 6) is 0.267. The number of aromatic hydroxyl groups is 1. The van der Waals surface area contributed by atoms with Gasteiger partial charge in [-0.25, -0.2) is 0 Å². The topological polar surface area (TPSA) is 47.0 Å². The van der Waals surface area contributed by atoms with E-state index in [2.05, 4.69) is 16.7 Å². The lowest BCUT2D eigenvalue weighted by molar-refractivity contribution is 0.0773. The van der Waals surface area contributed by atoms with Crippen molar-refractivity contribution in [2.75, 3.05) is 38.6 Å². The van der Waals surface area contributed by atoms with E-state index in [9.17, 15) is 9.90 Å². The second kappa shape index (κ2) is 9.42. The van der Waals surface area contributed by atoms with Crippen LogP contribution in [0.15, 0.2) is 48.5 Å². The first-order valence-corrected chi connectivity index (χ1v) is 9.49. The molecule has 0 aliphatic rings. The Kier molecular flexibility index (Phi) is 7.25. The first kappa shape index (κ1) is 20.8. The summed E-state index contributed by atoms with van der Waals surface area (Å²) in [4.78, 5) is 18.9. The third-order valence-electron chi connectivity index (χ3n) is 4.60. The van der Waals surface area contributed by atoms with Crippen molar-refractivity contribution in [3.05, 3.63) is 54.1 Å². The molecule has 1 N–H and O–H groups in total. The molecule has 2 aromatic carbocycles. The molecule has 0 bridgehead atoms. The molecular weight excluding hydrogens is 338 g/mol. The molecule has 1 unspecified atom stereocenters. The summed E-state index contributed by atoms with van der Waals surface area (Å²) < 4.78 is 0. The van der Waals surface area contributed by atoms with Gasteiger partial charge in [-0.3, -0.25) is 4.79 Å². The number of rotatable bonds is 8. The van der Waals surface area contributed by atoms with Gasteiger partial charge in [0.1, 0.15) is 5.75 Å². The van der Waals surface area contributed by atoms with E-state index in [1.165, 1.54) is 0 Å². The molecule has 0 aliphatic carbocycles. The number of anilines is 2. The van der Waals surface area contributed by atoms with Crippen LogP contribution in [0.5, 0.6) is 5.75 Å². The number of nitrogens with zero attached hydrogens (tertiary/aromatic N) is 3. The van der Waals surface area contributed by atoms with Gasteiger partial charge in [-0.15, -0.1) is 0 Å². The standard InChI is InChI=1S/C22H31N3O2/c1-6-24(7-2)22(27)18-10-8-11-19(14-18)25(17(3)16-23(4)5)20-12-9-13-21(26)15-20/h8-15,17,26H,6-7,16H2,1-5H3. The number of hydrogen-bond donors (Lipinski definition) is 1. The normalized spacial score (nSPS) is 12.1. The van der Waals surface area contributed by atoms with Gasteiger partial charge in [0.25, 0.3) is 5.91 Å². The van der Waals surface area contributed by atoms with Gasteiger partial charge in [0.15, 0.2) is 0 Å². The number of likely N-dealkylation sites (N-methyl/N-ethyl adjacent to an activating group) is 1. The van der Waals surface area contributed by atoms with E-state index in [0.29, 0.717) is 18.7 Å². The summed E-state index contributed by atoms with van der Waals surface area (Å²) in [5, 5.41) is 9.95. The predicted molar refractivity (Wildman–Crippen MR) is 112 cm³/mol. The van der Waals surface area contributed by atoms with Gasteiger partial charge in [-0.2, -0.15) is 0 Å². The van der Waals surface area contributed by atoms with Crippen LogP contribution >= 0.6 is 0 Å². The molecule has 1 atom stereocenters. The van der Waals surface area contributed by atoms with Crippen LogP contribution in [0.4, 0.5) is 11.4 Å². The third-order valence-corrected chi connectivity index (χ3v) is 4.60. The summed E-state index contributed by atoms with van der Waals surface area (Å²) in [5.41, 5.74) is 2.52. The second-order valence-electron chi connectivity index (χ2n) is 7.03. The second-order valence-corrected chi connectivity index (χ2v) is 7.03. The van der Waals surface area contributed by atoms with Crippen molar-refractivity contribution in [1.82, 2.24) is 9.80 Å². The largest absolute Gasteiger partial charge is 0.508 e. The fourth-order valence-electron chi connectivity index (χ4n) is 3.39. The molecule has 5 heteroatoms. The van der Waals surface area contributed by atoms with E-state index in [-0.39, 0.29) is 17.7 Å². The Labute approximate surface area is 162 Å². The number of phenols is 1. The van der Waals surface area contributed by atoms with Crippen molar-refractivity contribution in [2.24, 2.45) is 0 Å².